The number of carboxylic acid groups (broad SMARTS) is 1. The van der Waals surface area contributed by atoms with Gasteiger partial charge in [0.15, 0.2) is 0 Å². The number of halogens is 1. The van der Waals surface area contributed by atoms with E-state index in [-0.39, 0.29) is 0 Å². The van der Waals surface area contributed by atoms with Crippen LogP contribution in [0.4, 0.5) is 0 Å². The molecule has 1 unspecified atom stereocenters. The second kappa shape index (κ2) is 6.37. The second-order valence-corrected chi connectivity index (χ2v) is 6.54. The molecule has 0 aliphatic rings. The van der Waals surface area contributed by atoms with Crippen molar-refractivity contribution in [3.8, 4) is 0 Å². The first-order valence-corrected chi connectivity index (χ1v) is 7.55. The zero-order valence-corrected chi connectivity index (χ0v) is 13.0. The number of rotatable bonds is 5. The van der Waals surface area contributed by atoms with Crippen molar-refractivity contribution < 1.29 is 9.90 Å². The maximum absolute atomic E-state index is 11.4. The van der Waals surface area contributed by atoms with E-state index in [1.807, 2.05) is 26.0 Å². The van der Waals surface area contributed by atoms with Gasteiger partial charge in [-0.05, 0) is 38.0 Å². The molecule has 0 spiro atoms. The zero-order chi connectivity index (χ0) is 14.7. The Morgan fingerprint density at radius 1 is 1.30 bits per heavy atom. The Kier molecular flexibility index (Phi) is 4.78. The SMILES string of the molecule is Cc1nc(CC(Cc2ccc(Cl)cc2)C(=O)O)sc1C. The first-order valence-electron chi connectivity index (χ1n) is 6.36. The summed E-state index contributed by atoms with van der Waals surface area (Å²) < 4.78 is 0. The number of hydrogen-bond donors (Lipinski definition) is 1. The summed E-state index contributed by atoms with van der Waals surface area (Å²) >= 11 is 7.41. The van der Waals surface area contributed by atoms with Crippen LogP contribution < -0.4 is 0 Å². The summed E-state index contributed by atoms with van der Waals surface area (Å²) in [5, 5.41) is 10.9. The van der Waals surface area contributed by atoms with Gasteiger partial charge in [-0.25, -0.2) is 4.98 Å². The van der Waals surface area contributed by atoms with Crippen LogP contribution in [0.15, 0.2) is 24.3 Å². The first-order chi connectivity index (χ1) is 9.45. The molecule has 0 saturated heterocycles. The molecule has 0 radical (unpaired) electrons. The molecular formula is C15H16ClNO2S. The Morgan fingerprint density at radius 3 is 2.45 bits per heavy atom. The van der Waals surface area contributed by atoms with Crippen molar-refractivity contribution in [2.75, 3.05) is 0 Å². The van der Waals surface area contributed by atoms with E-state index >= 15 is 0 Å². The standard InChI is InChI=1S/C15H16ClNO2S/c1-9-10(2)20-14(17-9)8-12(15(18)19)7-11-3-5-13(16)6-4-11/h3-6,12H,7-8H2,1-2H3,(H,18,19). The van der Waals surface area contributed by atoms with Crippen LogP contribution in [0.25, 0.3) is 0 Å². The Bertz CT molecular complexity index is 587. The van der Waals surface area contributed by atoms with Crippen molar-refractivity contribution >= 4 is 28.9 Å². The lowest BCUT2D eigenvalue weighted by Gasteiger charge is -2.10. The van der Waals surface area contributed by atoms with Crippen LogP contribution >= 0.6 is 22.9 Å². The summed E-state index contributed by atoms with van der Waals surface area (Å²) in [4.78, 5) is 17.0. The monoisotopic (exact) mass is 309 g/mol. The van der Waals surface area contributed by atoms with Gasteiger partial charge in [-0.15, -0.1) is 11.3 Å². The van der Waals surface area contributed by atoms with Gasteiger partial charge in [0.25, 0.3) is 0 Å². The fourth-order valence-electron chi connectivity index (χ4n) is 1.99. The first kappa shape index (κ1) is 15.0. The quantitative estimate of drug-likeness (QED) is 0.911. The van der Waals surface area contributed by atoms with Crippen molar-refractivity contribution in [3.05, 3.63) is 50.4 Å². The molecular weight excluding hydrogens is 294 g/mol. The molecule has 3 nitrogen and oxygen atoms in total. The van der Waals surface area contributed by atoms with Gasteiger partial charge in [0.2, 0.25) is 0 Å². The molecule has 20 heavy (non-hydrogen) atoms. The van der Waals surface area contributed by atoms with Gasteiger partial charge < -0.3 is 5.11 Å². The minimum absolute atomic E-state index is 0.457. The van der Waals surface area contributed by atoms with Crippen molar-refractivity contribution in [1.29, 1.82) is 0 Å². The van der Waals surface area contributed by atoms with Gasteiger partial charge in [-0.2, -0.15) is 0 Å². The molecule has 0 saturated carbocycles. The number of aryl methyl sites for hydroxylation is 2. The highest BCUT2D eigenvalue weighted by Gasteiger charge is 2.20. The Balaban J connectivity index is 2.11. The van der Waals surface area contributed by atoms with E-state index in [0.717, 1.165) is 21.1 Å². The van der Waals surface area contributed by atoms with Gasteiger partial charge in [0.1, 0.15) is 0 Å². The summed E-state index contributed by atoms with van der Waals surface area (Å²) in [5.41, 5.74) is 1.97. The minimum Gasteiger partial charge on any atom is -0.481 e. The Hall–Kier alpha value is -1.39. The normalized spacial score (nSPS) is 12.3. The number of aliphatic carboxylic acids is 1. The van der Waals surface area contributed by atoms with Crippen LogP contribution in [0.5, 0.6) is 0 Å². The molecule has 1 atom stereocenters. The Labute approximate surface area is 127 Å². The number of carboxylic acids is 1. The fourth-order valence-corrected chi connectivity index (χ4v) is 3.13. The molecule has 1 N–H and O–H groups in total. The molecule has 0 bridgehead atoms. The average molecular weight is 310 g/mol. The largest absolute Gasteiger partial charge is 0.481 e. The highest BCUT2D eigenvalue weighted by molar-refractivity contribution is 7.11. The molecule has 1 aromatic carbocycles. The third kappa shape index (κ3) is 3.81. The summed E-state index contributed by atoms with van der Waals surface area (Å²) in [6.45, 7) is 3.95. The zero-order valence-electron chi connectivity index (χ0n) is 11.4. The molecule has 2 rings (SSSR count). The lowest BCUT2D eigenvalue weighted by molar-refractivity contribution is -0.141. The molecule has 2 aromatic rings. The third-order valence-corrected chi connectivity index (χ3v) is 4.59. The van der Waals surface area contributed by atoms with E-state index < -0.39 is 11.9 Å². The van der Waals surface area contributed by atoms with E-state index in [0.29, 0.717) is 17.9 Å². The maximum atomic E-state index is 11.4. The average Bonchev–Trinajstić information content (AvgIpc) is 2.70. The van der Waals surface area contributed by atoms with E-state index in [9.17, 15) is 9.90 Å². The van der Waals surface area contributed by atoms with Gasteiger partial charge >= 0.3 is 5.97 Å². The van der Waals surface area contributed by atoms with Gasteiger partial charge in [0, 0.05) is 16.3 Å². The van der Waals surface area contributed by atoms with E-state index in [2.05, 4.69) is 4.98 Å². The van der Waals surface area contributed by atoms with Crippen molar-refractivity contribution in [1.82, 2.24) is 4.98 Å². The van der Waals surface area contributed by atoms with Crippen LogP contribution in [0.3, 0.4) is 0 Å². The molecule has 0 amide bonds. The molecule has 0 aliphatic carbocycles. The number of nitrogens with zero attached hydrogens (tertiary/aromatic N) is 1. The van der Waals surface area contributed by atoms with Crippen molar-refractivity contribution in [2.45, 2.75) is 26.7 Å². The fraction of sp³-hybridized carbons (Fsp3) is 0.333. The molecule has 5 heteroatoms. The van der Waals surface area contributed by atoms with Crippen LogP contribution in [0.1, 0.15) is 21.1 Å². The van der Waals surface area contributed by atoms with Crippen molar-refractivity contribution in [3.63, 3.8) is 0 Å². The highest BCUT2D eigenvalue weighted by Crippen LogP contribution is 2.22. The minimum atomic E-state index is -0.787. The predicted molar refractivity (Wildman–Crippen MR) is 81.6 cm³/mol. The number of aromatic nitrogens is 1. The van der Waals surface area contributed by atoms with Crippen LogP contribution in [0, 0.1) is 19.8 Å². The number of thiazole rings is 1. The van der Waals surface area contributed by atoms with Crippen LogP contribution in [-0.4, -0.2) is 16.1 Å². The number of hydrogen-bond acceptors (Lipinski definition) is 3. The molecule has 106 valence electrons. The maximum Gasteiger partial charge on any atom is 0.307 e. The number of carbonyl (C=O) groups is 1. The molecule has 0 fully saturated rings. The van der Waals surface area contributed by atoms with Gasteiger partial charge in [-0.3, -0.25) is 4.79 Å². The topological polar surface area (TPSA) is 50.2 Å². The van der Waals surface area contributed by atoms with Crippen LogP contribution in [0.2, 0.25) is 5.02 Å². The molecule has 1 heterocycles. The molecule has 1 aromatic heterocycles. The van der Waals surface area contributed by atoms with Crippen molar-refractivity contribution in [2.24, 2.45) is 5.92 Å². The highest BCUT2D eigenvalue weighted by atomic mass is 35.5. The van der Waals surface area contributed by atoms with Gasteiger partial charge in [-0.1, -0.05) is 23.7 Å². The molecule has 0 aliphatic heterocycles. The predicted octanol–water partition coefficient (Wildman–Crippen LogP) is 3.90. The number of benzene rings is 1. The van der Waals surface area contributed by atoms with E-state index in [1.54, 1.807) is 23.5 Å². The second-order valence-electron chi connectivity index (χ2n) is 4.82. The van der Waals surface area contributed by atoms with Gasteiger partial charge in [0.05, 0.1) is 16.6 Å². The lowest BCUT2D eigenvalue weighted by Crippen LogP contribution is -2.19. The summed E-state index contributed by atoms with van der Waals surface area (Å²) in [6, 6.07) is 7.31. The smallest absolute Gasteiger partial charge is 0.307 e. The van der Waals surface area contributed by atoms with Crippen LogP contribution in [-0.2, 0) is 17.6 Å². The van der Waals surface area contributed by atoms with E-state index in [4.69, 9.17) is 11.6 Å². The lowest BCUT2D eigenvalue weighted by atomic mass is 9.96. The summed E-state index contributed by atoms with van der Waals surface area (Å²) in [5.74, 6) is -1.24. The summed E-state index contributed by atoms with van der Waals surface area (Å²) in [6.07, 6.45) is 0.960. The third-order valence-electron chi connectivity index (χ3n) is 3.24. The summed E-state index contributed by atoms with van der Waals surface area (Å²) in [7, 11) is 0. The Morgan fingerprint density at radius 2 is 1.95 bits per heavy atom. The van der Waals surface area contributed by atoms with E-state index in [1.165, 1.54) is 0 Å².